The number of halogens is 1. The van der Waals surface area contributed by atoms with Crippen molar-refractivity contribution in [3.63, 3.8) is 0 Å². The summed E-state index contributed by atoms with van der Waals surface area (Å²) in [6.07, 6.45) is 0.781. The van der Waals surface area contributed by atoms with Crippen LogP contribution in [0.2, 0.25) is 5.02 Å². The standard InChI is InChI=1S/C24H20ClNO3/c1-29-24(28)18-12-10-17(11-13-18)23(27)26-15-14-16-6-2-3-7-19(16)22(26)20-8-4-5-9-21(20)25/h2-13,22H,14-15H2,1H3/t22-/m1/s1. The smallest absolute Gasteiger partial charge is 0.337 e. The molecule has 1 amide bonds. The molecular weight excluding hydrogens is 386 g/mol. The monoisotopic (exact) mass is 405 g/mol. The summed E-state index contributed by atoms with van der Waals surface area (Å²) in [5.41, 5.74) is 4.15. The van der Waals surface area contributed by atoms with E-state index in [1.54, 1.807) is 24.3 Å². The average molecular weight is 406 g/mol. The first-order valence-electron chi connectivity index (χ1n) is 9.41. The van der Waals surface area contributed by atoms with Crippen molar-refractivity contribution in [2.24, 2.45) is 0 Å². The van der Waals surface area contributed by atoms with Crippen LogP contribution in [-0.4, -0.2) is 30.4 Å². The molecule has 4 rings (SSSR count). The van der Waals surface area contributed by atoms with Crippen LogP contribution >= 0.6 is 11.6 Å². The Morgan fingerprint density at radius 3 is 2.21 bits per heavy atom. The Morgan fingerprint density at radius 2 is 1.52 bits per heavy atom. The van der Waals surface area contributed by atoms with E-state index >= 15 is 0 Å². The van der Waals surface area contributed by atoms with Gasteiger partial charge >= 0.3 is 5.97 Å². The van der Waals surface area contributed by atoms with Crippen LogP contribution in [0.3, 0.4) is 0 Å². The second kappa shape index (κ2) is 8.10. The molecule has 0 spiro atoms. The van der Waals surface area contributed by atoms with Crippen LogP contribution in [-0.2, 0) is 11.2 Å². The summed E-state index contributed by atoms with van der Waals surface area (Å²) in [5, 5.41) is 0.632. The predicted molar refractivity (Wildman–Crippen MR) is 112 cm³/mol. The Morgan fingerprint density at radius 1 is 0.897 bits per heavy atom. The summed E-state index contributed by atoms with van der Waals surface area (Å²) in [6.45, 7) is 0.588. The number of esters is 1. The van der Waals surface area contributed by atoms with Gasteiger partial charge in [-0.1, -0.05) is 54.1 Å². The van der Waals surface area contributed by atoms with E-state index in [4.69, 9.17) is 16.3 Å². The largest absolute Gasteiger partial charge is 0.465 e. The molecule has 0 fully saturated rings. The van der Waals surface area contributed by atoms with E-state index in [9.17, 15) is 9.59 Å². The van der Waals surface area contributed by atoms with Gasteiger partial charge in [-0.2, -0.15) is 0 Å². The van der Waals surface area contributed by atoms with Gasteiger partial charge in [0.2, 0.25) is 0 Å². The lowest BCUT2D eigenvalue weighted by Gasteiger charge is -2.38. The molecule has 0 saturated heterocycles. The van der Waals surface area contributed by atoms with E-state index in [0.29, 0.717) is 22.7 Å². The number of fused-ring (bicyclic) bond motifs is 1. The fourth-order valence-corrected chi connectivity index (χ4v) is 4.09. The van der Waals surface area contributed by atoms with Crippen molar-refractivity contribution in [1.29, 1.82) is 0 Å². The lowest BCUT2D eigenvalue weighted by atomic mass is 9.87. The molecule has 1 heterocycles. The van der Waals surface area contributed by atoms with E-state index < -0.39 is 5.97 Å². The third-order valence-electron chi connectivity index (χ3n) is 5.30. The van der Waals surface area contributed by atoms with Crippen molar-refractivity contribution in [1.82, 2.24) is 4.90 Å². The highest BCUT2D eigenvalue weighted by atomic mass is 35.5. The summed E-state index contributed by atoms with van der Waals surface area (Å²) in [4.78, 5) is 27.0. The molecule has 3 aromatic rings. The van der Waals surface area contributed by atoms with Crippen molar-refractivity contribution >= 4 is 23.5 Å². The number of hydrogen-bond acceptors (Lipinski definition) is 3. The molecule has 1 atom stereocenters. The van der Waals surface area contributed by atoms with Crippen molar-refractivity contribution in [2.75, 3.05) is 13.7 Å². The van der Waals surface area contributed by atoms with Crippen LogP contribution in [0, 0.1) is 0 Å². The topological polar surface area (TPSA) is 46.6 Å². The Labute approximate surface area is 174 Å². The molecule has 0 unspecified atom stereocenters. The summed E-state index contributed by atoms with van der Waals surface area (Å²) >= 11 is 6.52. The minimum atomic E-state index is -0.426. The SMILES string of the molecule is COC(=O)c1ccc(C(=O)N2CCc3ccccc3[C@@H]2c2ccccc2Cl)cc1. The van der Waals surface area contributed by atoms with Gasteiger partial charge in [-0.3, -0.25) is 4.79 Å². The molecule has 0 aliphatic carbocycles. The van der Waals surface area contributed by atoms with Crippen molar-refractivity contribution < 1.29 is 14.3 Å². The highest BCUT2D eigenvalue weighted by Crippen LogP contribution is 2.38. The van der Waals surface area contributed by atoms with Crippen LogP contribution in [0.15, 0.2) is 72.8 Å². The van der Waals surface area contributed by atoms with E-state index in [2.05, 4.69) is 12.1 Å². The number of hydrogen-bond donors (Lipinski definition) is 0. The van der Waals surface area contributed by atoms with Crippen LogP contribution in [0.25, 0.3) is 0 Å². The zero-order valence-electron chi connectivity index (χ0n) is 16.0. The van der Waals surface area contributed by atoms with Crippen molar-refractivity contribution in [2.45, 2.75) is 12.5 Å². The lowest BCUT2D eigenvalue weighted by Crippen LogP contribution is -2.40. The zero-order chi connectivity index (χ0) is 20.4. The average Bonchev–Trinajstić information content (AvgIpc) is 2.78. The number of methoxy groups -OCH3 is 1. The number of carbonyl (C=O) groups is 2. The predicted octanol–water partition coefficient (Wildman–Crippen LogP) is 4.91. The third kappa shape index (κ3) is 3.64. The van der Waals surface area contributed by atoms with Crippen LogP contribution in [0.5, 0.6) is 0 Å². The van der Waals surface area contributed by atoms with Gasteiger partial charge in [0, 0.05) is 17.1 Å². The summed E-state index contributed by atoms with van der Waals surface area (Å²) in [7, 11) is 1.33. The van der Waals surface area contributed by atoms with E-state index in [-0.39, 0.29) is 11.9 Å². The maximum atomic E-state index is 13.4. The summed E-state index contributed by atoms with van der Waals surface area (Å²) in [6, 6.07) is 22.1. The first-order valence-corrected chi connectivity index (χ1v) is 9.79. The minimum Gasteiger partial charge on any atom is -0.465 e. The Balaban J connectivity index is 1.74. The zero-order valence-corrected chi connectivity index (χ0v) is 16.7. The normalized spacial score (nSPS) is 15.5. The van der Waals surface area contributed by atoms with E-state index in [1.807, 2.05) is 41.3 Å². The van der Waals surface area contributed by atoms with Crippen LogP contribution in [0.1, 0.15) is 43.4 Å². The first kappa shape index (κ1) is 19.2. The van der Waals surface area contributed by atoms with E-state index in [1.165, 1.54) is 12.7 Å². The highest BCUT2D eigenvalue weighted by molar-refractivity contribution is 6.31. The Hall–Kier alpha value is -3.11. The Bertz CT molecular complexity index is 1060. The molecule has 1 aliphatic rings. The first-order chi connectivity index (χ1) is 14.1. The maximum absolute atomic E-state index is 13.4. The molecule has 0 aromatic heterocycles. The molecule has 29 heavy (non-hydrogen) atoms. The van der Waals surface area contributed by atoms with E-state index in [0.717, 1.165) is 17.5 Å². The number of carbonyl (C=O) groups excluding carboxylic acids is 2. The summed E-state index contributed by atoms with van der Waals surface area (Å²) < 4.78 is 4.73. The van der Waals surface area contributed by atoms with Gasteiger partial charge in [-0.05, 0) is 53.4 Å². The van der Waals surface area contributed by atoms with Crippen LogP contribution < -0.4 is 0 Å². The van der Waals surface area contributed by atoms with Gasteiger partial charge in [0.25, 0.3) is 5.91 Å². The molecule has 5 heteroatoms. The molecule has 4 nitrogen and oxygen atoms in total. The molecule has 0 radical (unpaired) electrons. The Kier molecular flexibility index (Phi) is 5.36. The fraction of sp³-hybridized carbons (Fsp3) is 0.167. The van der Waals surface area contributed by atoms with Crippen molar-refractivity contribution in [3.8, 4) is 0 Å². The molecule has 3 aromatic carbocycles. The number of amides is 1. The number of benzene rings is 3. The second-order valence-electron chi connectivity index (χ2n) is 6.94. The highest BCUT2D eigenvalue weighted by Gasteiger charge is 2.33. The second-order valence-corrected chi connectivity index (χ2v) is 7.35. The maximum Gasteiger partial charge on any atom is 0.337 e. The van der Waals surface area contributed by atoms with Gasteiger partial charge < -0.3 is 9.64 Å². The molecule has 0 saturated carbocycles. The van der Waals surface area contributed by atoms with Gasteiger partial charge in [0.15, 0.2) is 0 Å². The van der Waals surface area contributed by atoms with Gasteiger partial charge in [-0.25, -0.2) is 4.79 Å². The fourth-order valence-electron chi connectivity index (χ4n) is 3.85. The lowest BCUT2D eigenvalue weighted by molar-refractivity contribution is 0.0599. The number of rotatable bonds is 3. The van der Waals surface area contributed by atoms with Crippen LogP contribution in [0.4, 0.5) is 0 Å². The summed E-state index contributed by atoms with van der Waals surface area (Å²) in [5.74, 6) is -0.523. The molecule has 0 N–H and O–H groups in total. The molecule has 146 valence electrons. The molecule has 0 bridgehead atoms. The minimum absolute atomic E-state index is 0.0964. The quantitative estimate of drug-likeness (QED) is 0.581. The number of nitrogens with zero attached hydrogens (tertiary/aromatic N) is 1. The van der Waals surface area contributed by atoms with Gasteiger partial charge in [0.1, 0.15) is 0 Å². The third-order valence-corrected chi connectivity index (χ3v) is 5.64. The van der Waals surface area contributed by atoms with Crippen molar-refractivity contribution in [3.05, 3.63) is 106 Å². The molecular formula is C24H20ClNO3. The number of ether oxygens (including phenoxy) is 1. The van der Waals surface area contributed by atoms with Gasteiger partial charge in [0.05, 0.1) is 18.7 Å². The van der Waals surface area contributed by atoms with Gasteiger partial charge in [-0.15, -0.1) is 0 Å². The molecule has 1 aliphatic heterocycles.